The van der Waals surface area contributed by atoms with Crippen LogP contribution in [0.2, 0.25) is 0 Å². The summed E-state index contributed by atoms with van der Waals surface area (Å²) < 4.78 is 27.0. The van der Waals surface area contributed by atoms with E-state index < -0.39 is 11.8 Å². The van der Waals surface area contributed by atoms with Crippen molar-refractivity contribution in [2.75, 3.05) is 42.7 Å². The number of ether oxygens (including phenoxy) is 1. The van der Waals surface area contributed by atoms with Gasteiger partial charge in [-0.2, -0.15) is 5.10 Å². The molecule has 2 aromatic carbocycles. The number of nitrogen functional groups attached to an aromatic ring is 1. The second-order valence-corrected chi connectivity index (χ2v) is 9.53. The molecule has 6 rings (SSSR count). The van der Waals surface area contributed by atoms with Gasteiger partial charge in [-0.25, -0.2) is 23.7 Å². The smallest absolute Gasteiger partial charge is 0.323 e. The minimum Gasteiger partial charge on any atom is -0.444 e. The fourth-order valence-electron chi connectivity index (χ4n) is 4.72. The van der Waals surface area contributed by atoms with Gasteiger partial charge in [0, 0.05) is 37.1 Å². The molecule has 2 amide bonds. The molecular weight excluding hydrogens is 515 g/mol. The minimum absolute atomic E-state index is 0.105. The number of fused-ring (bicyclic) bond motifs is 1. The first-order valence-corrected chi connectivity index (χ1v) is 12.8. The standard InChI is InChI=1S/C28H27FN8O3/c1-17-2-7-22(29)23(12-17)35-28(38)34-19-5-3-18(4-6-19)24-21(14-37-25(24)26(30)31-16-32-37)27-33-20(15-40-27)13-36-8-10-39-11-9-36/h2-7,12,14-16H,8-11,13H2,1H3,(H2,30,31,32)(H2,34,35,38). The van der Waals surface area contributed by atoms with E-state index in [0.717, 1.165) is 35.5 Å². The summed E-state index contributed by atoms with van der Waals surface area (Å²) in [6.45, 7) is 5.57. The molecule has 4 N–H and O–H groups in total. The summed E-state index contributed by atoms with van der Waals surface area (Å²) in [6, 6.07) is 11.1. The van der Waals surface area contributed by atoms with Crippen LogP contribution in [-0.4, -0.2) is 56.8 Å². The number of anilines is 3. The average Bonchev–Trinajstić information content (AvgIpc) is 3.57. The van der Waals surface area contributed by atoms with Crippen LogP contribution in [0.5, 0.6) is 0 Å². The predicted octanol–water partition coefficient (Wildman–Crippen LogP) is 4.56. The summed E-state index contributed by atoms with van der Waals surface area (Å²) in [5.41, 5.74) is 11.4. The van der Waals surface area contributed by atoms with Crippen molar-refractivity contribution in [2.45, 2.75) is 13.5 Å². The van der Waals surface area contributed by atoms with E-state index in [1.807, 2.05) is 25.3 Å². The fourth-order valence-corrected chi connectivity index (χ4v) is 4.72. The molecule has 4 heterocycles. The number of nitrogens with two attached hydrogens (primary N) is 1. The molecule has 12 heteroatoms. The summed E-state index contributed by atoms with van der Waals surface area (Å²) in [6.07, 6.45) is 4.86. The molecule has 0 aliphatic carbocycles. The number of aryl methyl sites for hydroxylation is 1. The molecule has 5 aromatic rings. The molecule has 204 valence electrons. The van der Waals surface area contributed by atoms with Crippen LogP contribution in [0.3, 0.4) is 0 Å². The number of morpholine rings is 1. The van der Waals surface area contributed by atoms with Crippen LogP contribution in [0.1, 0.15) is 11.3 Å². The molecule has 0 atom stereocenters. The maximum Gasteiger partial charge on any atom is 0.323 e. The van der Waals surface area contributed by atoms with Gasteiger partial charge in [-0.05, 0) is 42.3 Å². The highest BCUT2D eigenvalue weighted by Crippen LogP contribution is 2.38. The predicted molar refractivity (Wildman–Crippen MR) is 148 cm³/mol. The molecule has 0 radical (unpaired) electrons. The van der Waals surface area contributed by atoms with Crippen molar-refractivity contribution < 1.29 is 18.3 Å². The molecule has 0 unspecified atom stereocenters. The Hall–Kier alpha value is -4.81. The zero-order valence-electron chi connectivity index (χ0n) is 21.7. The second-order valence-electron chi connectivity index (χ2n) is 9.53. The summed E-state index contributed by atoms with van der Waals surface area (Å²) in [5, 5.41) is 9.60. The Morgan fingerprint density at radius 1 is 1.12 bits per heavy atom. The molecular formula is C28H27FN8O3. The van der Waals surface area contributed by atoms with Crippen molar-refractivity contribution in [1.29, 1.82) is 0 Å². The molecule has 0 spiro atoms. The lowest BCUT2D eigenvalue weighted by Crippen LogP contribution is -2.35. The monoisotopic (exact) mass is 542 g/mol. The number of carbonyl (C=O) groups is 1. The van der Waals surface area contributed by atoms with Gasteiger partial charge >= 0.3 is 6.03 Å². The summed E-state index contributed by atoms with van der Waals surface area (Å²) in [5.74, 6) is 0.228. The van der Waals surface area contributed by atoms with Crippen LogP contribution in [0.15, 0.2) is 65.7 Å². The van der Waals surface area contributed by atoms with Gasteiger partial charge in [-0.1, -0.05) is 18.2 Å². The van der Waals surface area contributed by atoms with Crippen molar-refractivity contribution in [2.24, 2.45) is 0 Å². The average molecular weight is 543 g/mol. The Bertz CT molecular complexity index is 1680. The van der Waals surface area contributed by atoms with Gasteiger partial charge < -0.3 is 25.5 Å². The quantitative estimate of drug-likeness (QED) is 0.284. The first kappa shape index (κ1) is 25.5. The van der Waals surface area contributed by atoms with E-state index in [-0.39, 0.29) is 5.69 Å². The lowest BCUT2D eigenvalue weighted by atomic mass is 10.0. The van der Waals surface area contributed by atoms with Gasteiger partial charge in [0.15, 0.2) is 5.82 Å². The topological polar surface area (TPSA) is 136 Å². The number of urea groups is 1. The van der Waals surface area contributed by atoms with E-state index in [0.29, 0.717) is 48.2 Å². The van der Waals surface area contributed by atoms with Crippen LogP contribution in [-0.2, 0) is 11.3 Å². The number of rotatable bonds is 6. The van der Waals surface area contributed by atoms with E-state index in [2.05, 4.69) is 25.6 Å². The molecule has 1 aliphatic rings. The Morgan fingerprint density at radius 2 is 1.93 bits per heavy atom. The fraction of sp³-hybridized carbons (Fsp3) is 0.214. The number of nitrogens with zero attached hydrogens (tertiary/aromatic N) is 5. The number of hydrogen-bond acceptors (Lipinski definition) is 8. The third-order valence-corrected chi connectivity index (χ3v) is 6.68. The van der Waals surface area contributed by atoms with Crippen LogP contribution >= 0.6 is 0 Å². The molecule has 0 saturated carbocycles. The van der Waals surface area contributed by atoms with Gasteiger partial charge in [0.2, 0.25) is 5.89 Å². The van der Waals surface area contributed by atoms with E-state index in [4.69, 9.17) is 19.9 Å². The summed E-state index contributed by atoms with van der Waals surface area (Å²) >= 11 is 0. The zero-order valence-corrected chi connectivity index (χ0v) is 21.7. The van der Waals surface area contributed by atoms with E-state index in [1.165, 1.54) is 12.4 Å². The number of benzene rings is 2. The van der Waals surface area contributed by atoms with Crippen molar-refractivity contribution in [1.82, 2.24) is 24.5 Å². The van der Waals surface area contributed by atoms with E-state index in [9.17, 15) is 9.18 Å². The Balaban J connectivity index is 1.27. The molecule has 1 fully saturated rings. The van der Waals surface area contributed by atoms with Gasteiger partial charge in [-0.3, -0.25) is 4.90 Å². The summed E-state index contributed by atoms with van der Waals surface area (Å²) in [7, 11) is 0. The third-order valence-electron chi connectivity index (χ3n) is 6.68. The molecule has 40 heavy (non-hydrogen) atoms. The third kappa shape index (κ3) is 5.22. The van der Waals surface area contributed by atoms with E-state index >= 15 is 0 Å². The summed E-state index contributed by atoms with van der Waals surface area (Å²) in [4.78, 5) is 23.7. The SMILES string of the molecule is Cc1ccc(F)c(NC(=O)Nc2ccc(-c3c(-c4nc(CN5CCOCC5)co4)cn4ncnc(N)c34)cc2)c1. The maximum absolute atomic E-state index is 14.1. The number of oxazole rings is 1. The lowest BCUT2D eigenvalue weighted by Gasteiger charge is -2.25. The Labute approximate surface area is 228 Å². The van der Waals surface area contributed by atoms with Crippen molar-refractivity contribution in [3.8, 4) is 22.6 Å². The largest absolute Gasteiger partial charge is 0.444 e. The van der Waals surface area contributed by atoms with Crippen molar-refractivity contribution in [3.05, 3.63) is 78.3 Å². The lowest BCUT2D eigenvalue weighted by molar-refractivity contribution is 0.0336. The van der Waals surface area contributed by atoms with Gasteiger partial charge in [-0.15, -0.1) is 0 Å². The van der Waals surface area contributed by atoms with E-state index in [1.54, 1.807) is 35.0 Å². The molecule has 0 bridgehead atoms. The van der Waals surface area contributed by atoms with Crippen LogP contribution in [0.4, 0.5) is 26.4 Å². The van der Waals surface area contributed by atoms with Crippen molar-refractivity contribution >= 4 is 28.7 Å². The number of aromatic nitrogens is 4. The normalized spacial score (nSPS) is 13.9. The first-order chi connectivity index (χ1) is 19.4. The van der Waals surface area contributed by atoms with Gasteiger partial charge in [0.1, 0.15) is 23.9 Å². The number of nitrogens with one attached hydrogen (secondary N) is 2. The number of halogens is 1. The first-order valence-electron chi connectivity index (χ1n) is 12.8. The number of amides is 2. The second kappa shape index (κ2) is 10.8. The Kier molecular flexibility index (Phi) is 6.84. The Morgan fingerprint density at radius 3 is 2.73 bits per heavy atom. The number of hydrogen-bond donors (Lipinski definition) is 3. The minimum atomic E-state index is -0.558. The highest BCUT2D eigenvalue weighted by molar-refractivity contribution is 6.01. The molecule has 3 aromatic heterocycles. The molecule has 1 saturated heterocycles. The zero-order chi connectivity index (χ0) is 27.6. The highest BCUT2D eigenvalue weighted by atomic mass is 19.1. The number of carbonyl (C=O) groups excluding carboxylic acids is 1. The van der Waals surface area contributed by atoms with Crippen molar-refractivity contribution in [3.63, 3.8) is 0 Å². The molecule has 1 aliphatic heterocycles. The van der Waals surface area contributed by atoms with Crippen LogP contribution < -0.4 is 16.4 Å². The van der Waals surface area contributed by atoms with Gasteiger partial charge in [0.25, 0.3) is 0 Å². The van der Waals surface area contributed by atoms with Gasteiger partial charge in [0.05, 0.1) is 30.2 Å². The maximum atomic E-state index is 14.1. The van der Waals surface area contributed by atoms with Crippen LogP contribution in [0, 0.1) is 12.7 Å². The van der Waals surface area contributed by atoms with Crippen LogP contribution in [0.25, 0.3) is 28.1 Å². The molecule has 11 nitrogen and oxygen atoms in total. The highest BCUT2D eigenvalue weighted by Gasteiger charge is 2.22.